The fraction of sp³-hybridized carbons (Fsp3) is 0.263. The van der Waals surface area contributed by atoms with E-state index in [0.717, 1.165) is 23.1 Å². The molecule has 0 spiro atoms. The fourth-order valence-corrected chi connectivity index (χ4v) is 5.98. The monoisotopic (exact) mass is 720 g/mol. The summed E-state index contributed by atoms with van der Waals surface area (Å²) in [6.45, 7) is 5.93. The number of nitro benzene ring substituents is 2. The number of nitrogens with two attached hydrogens (primary N) is 1. The van der Waals surface area contributed by atoms with Crippen LogP contribution in [0.25, 0.3) is 44.8 Å². The predicted molar refractivity (Wildman–Crippen MR) is 202 cm³/mol. The van der Waals surface area contributed by atoms with Crippen molar-refractivity contribution in [1.29, 1.82) is 0 Å². The highest BCUT2D eigenvalue weighted by atomic mass is 16.6. The molecule has 4 N–H and O–H groups in total. The minimum absolute atomic E-state index is 0. The van der Waals surface area contributed by atoms with Crippen LogP contribution in [0.1, 0.15) is 46.6 Å². The van der Waals surface area contributed by atoms with Gasteiger partial charge in [0, 0.05) is 41.9 Å². The molecular weight excluding hydrogens is 680 g/mol. The number of aromatic amines is 2. The van der Waals surface area contributed by atoms with Gasteiger partial charge in [0.2, 0.25) is 0 Å². The van der Waals surface area contributed by atoms with Crippen molar-refractivity contribution in [2.24, 2.45) is 0 Å². The molecule has 4 aromatic carbocycles. The number of ether oxygens (including phenoxy) is 1. The molecule has 0 aliphatic carbocycles. The smallest absolute Gasteiger partial charge is 0.410 e. The summed E-state index contributed by atoms with van der Waals surface area (Å²) < 4.78 is 5.45. The van der Waals surface area contributed by atoms with Crippen LogP contribution in [0.15, 0.2) is 84.9 Å². The number of nitrogens with zero attached hydrogens (tertiary/aromatic N) is 5. The quantitative estimate of drug-likeness (QED) is 0.0820. The summed E-state index contributed by atoms with van der Waals surface area (Å²) in [6, 6.07) is 23.6. The average molecular weight is 721 g/mol. The first-order chi connectivity index (χ1) is 24.8. The molecule has 1 fully saturated rings. The van der Waals surface area contributed by atoms with Gasteiger partial charge < -0.3 is 20.4 Å². The third kappa shape index (κ3) is 8.47. The van der Waals surface area contributed by atoms with Crippen LogP contribution in [0.2, 0.25) is 0 Å². The maximum absolute atomic E-state index is 12.9. The van der Waals surface area contributed by atoms with Gasteiger partial charge in [-0.3, -0.25) is 29.9 Å². The number of carbonyl (C=O) groups excluding carboxylic acids is 2. The molecule has 6 aromatic rings. The summed E-state index contributed by atoms with van der Waals surface area (Å²) in [5.41, 5.74) is 9.92. The summed E-state index contributed by atoms with van der Waals surface area (Å²) in [7, 11) is 0. The van der Waals surface area contributed by atoms with Gasteiger partial charge in [-0.25, -0.2) is 14.8 Å². The van der Waals surface area contributed by atoms with Crippen molar-refractivity contribution < 1.29 is 24.2 Å². The Bertz CT molecular complexity index is 2290. The van der Waals surface area contributed by atoms with E-state index in [0.29, 0.717) is 52.4 Å². The lowest BCUT2D eigenvalue weighted by molar-refractivity contribution is -0.383. The molecule has 0 saturated carbocycles. The highest BCUT2D eigenvalue weighted by molar-refractivity contribution is 5.90. The lowest BCUT2D eigenvalue weighted by Gasteiger charge is -2.28. The second-order valence-corrected chi connectivity index (χ2v) is 13.3. The predicted octanol–water partition coefficient (Wildman–Crippen LogP) is 8.01. The van der Waals surface area contributed by atoms with Gasteiger partial charge in [-0.2, -0.15) is 0 Å². The first-order valence-electron chi connectivity index (χ1n) is 16.5. The standard InChI is InChI=1S/C24H26N4O5.C13H10N4O2.CH4/c1-24(2,3)33-23(30)27-13-5-8-18(27)20(29)14-15-9-11-16(12-10-15)22-25-17-6-4-7-19(28(31)32)21(17)26-22;14-9-6-4-8(5-7-9)13-15-10-2-1-3-11(17(18)19)12(10)16-13;/h4,6-7,9-12,18H,5,8,13-14H2,1-3H3,(H,25,26);1-7H,14H2,(H,15,16);1H4/t18-;;/m0../s1. The lowest BCUT2D eigenvalue weighted by Crippen LogP contribution is -2.43. The molecule has 15 heteroatoms. The van der Waals surface area contributed by atoms with Gasteiger partial charge in [-0.1, -0.05) is 43.8 Å². The molecule has 2 aromatic heterocycles. The van der Waals surface area contributed by atoms with E-state index < -0.39 is 27.6 Å². The second-order valence-electron chi connectivity index (χ2n) is 13.3. The van der Waals surface area contributed by atoms with Crippen molar-refractivity contribution >= 4 is 51.0 Å². The molecule has 0 unspecified atom stereocenters. The molecule has 1 atom stereocenters. The summed E-state index contributed by atoms with van der Waals surface area (Å²) in [5.74, 6) is 1.08. The first kappa shape index (κ1) is 37.6. The van der Waals surface area contributed by atoms with Gasteiger partial charge in [0.25, 0.3) is 11.4 Å². The van der Waals surface area contributed by atoms with Gasteiger partial charge in [-0.15, -0.1) is 0 Å². The van der Waals surface area contributed by atoms with E-state index in [9.17, 15) is 29.8 Å². The van der Waals surface area contributed by atoms with Crippen LogP contribution in [0.5, 0.6) is 0 Å². The van der Waals surface area contributed by atoms with E-state index in [1.54, 1.807) is 57.2 Å². The number of imidazole rings is 2. The Morgan fingerprint density at radius 2 is 1.32 bits per heavy atom. The Hall–Kier alpha value is -6.64. The van der Waals surface area contributed by atoms with E-state index in [1.165, 1.54) is 17.0 Å². The Kier molecular flexibility index (Phi) is 10.9. The number of hydrogen-bond donors (Lipinski definition) is 3. The summed E-state index contributed by atoms with van der Waals surface area (Å²) in [6.07, 6.45) is 1.16. The molecule has 1 aliphatic heterocycles. The minimum Gasteiger partial charge on any atom is -0.444 e. The summed E-state index contributed by atoms with van der Waals surface area (Å²) >= 11 is 0. The number of nitrogen functional groups attached to an aromatic ring is 1. The van der Waals surface area contributed by atoms with Crippen molar-refractivity contribution in [1.82, 2.24) is 24.8 Å². The van der Waals surface area contributed by atoms with Gasteiger partial charge in [0.15, 0.2) is 16.8 Å². The van der Waals surface area contributed by atoms with Gasteiger partial charge in [0.1, 0.15) is 17.2 Å². The molecule has 1 saturated heterocycles. The molecule has 1 amide bonds. The minimum atomic E-state index is -0.611. The summed E-state index contributed by atoms with van der Waals surface area (Å²) in [4.78, 5) is 63.1. The van der Waals surface area contributed by atoms with Crippen LogP contribution in [0.4, 0.5) is 21.9 Å². The van der Waals surface area contributed by atoms with Crippen LogP contribution in [-0.2, 0) is 16.0 Å². The Labute approximate surface area is 304 Å². The normalized spacial score (nSPS) is 13.9. The number of hydrogen-bond acceptors (Lipinski definition) is 10. The molecule has 7 rings (SSSR count). The Morgan fingerprint density at radius 1 is 0.830 bits per heavy atom. The van der Waals surface area contributed by atoms with Gasteiger partial charge >= 0.3 is 6.09 Å². The van der Waals surface area contributed by atoms with E-state index >= 15 is 0 Å². The maximum Gasteiger partial charge on any atom is 0.410 e. The fourth-order valence-electron chi connectivity index (χ4n) is 5.98. The van der Waals surface area contributed by atoms with E-state index in [-0.39, 0.29) is 31.0 Å². The zero-order valence-corrected chi connectivity index (χ0v) is 28.7. The SMILES string of the molecule is C.CC(C)(C)OC(=O)N1CCC[C@H]1C(=O)Cc1ccc(-c2nc3c([N+](=O)[O-])cccc3[nH]2)cc1.Nc1ccc(-c2nc3c([N+](=O)[O-])cccc3[nH]2)cc1. The number of ketones is 1. The van der Waals surface area contributed by atoms with E-state index in [2.05, 4.69) is 19.9 Å². The van der Waals surface area contributed by atoms with Crippen LogP contribution in [0, 0.1) is 20.2 Å². The Morgan fingerprint density at radius 3 is 1.79 bits per heavy atom. The van der Waals surface area contributed by atoms with Crippen molar-refractivity contribution in [2.75, 3.05) is 12.3 Å². The third-order valence-corrected chi connectivity index (χ3v) is 8.42. The number of benzene rings is 4. The highest BCUT2D eigenvalue weighted by Crippen LogP contribution is 2.29. The number of fused-ring (bicyclic) bond motifs is 2. The van der Waals surface area contributed by atoms with Crippen LogP contribution >= 0.6 is 0 Å². The van der Waals surface area contributed by atoms with E-state index in [4.69, 9.17) is 10.5 Å². The van der Waals surface area contributed by atoms with Crippen molar-refractivity contribution in [3.05, 3.63) is 111 Å². The van der Waals surface area contributed by atoms with Gasteiger partial charge in [0.05, 0.1) is 26.9 Å². The number of likely N-dealkylation sites (tertiary alicyclic amines) is 1. The Balaban J connectivity index is 0.000000230. The first-order valence-corrected chi connectivity index (χ1v) is 16.5. The molecule has 15 nitrogen and oxygen atoms in total. The third-order valence-electron chi connectivity index (χ3n) is 8.42. The van der Waals surface area contributed by atoms with Crippen molar-refractivity contribution in [2.45, 2.75) is 59.1 Å². The van der Waals surface area contributed by atoms with Crippen LogP contribution < -0.4 is 5.73 Å². The number of H-pyrrole nitrogens is 2. The largest absolute Gasteiger partial charge is 0.444 e. The molecule has 3 heterocycles. The highest BCUT2D eigenvalue weighted by Gasteiger charge is 2.36. The number of rotatable bonds is 7. The molecule has 274 valence electrons. The molecule has 0 bridgehead atoms. The lowest BCUT2D eigenvalue weighted by atomic mass is 10.0. The zero-order chi connectivity index (χ0) is 37.2. The van der Waals surface area contributed by atoms with Gasteiger partial charge in [-0.05, 0) is 75.6 Å². The topological polar surface area (TPSA) is 216 Å². The number of nitrogens with one attached hydrogen (secondary N) is 2. The number of amides is 1. The molecule has 1 aliphatic rings. The zero-order valence-electron chi connectivity index (χ0n) is 28.7. The maximum atomic E-state index is 12.9. The van der Waals surface area contributed by atoms with E-state index in [1.807, 2.05) is 36.4 Å². The number of nitro groups is 2. The van der Waals surface area contributed by atoms with Crippen LogP contribution in [-0.4, -0.2) is 64.7 Å². The second kappa shape index (κ2) is 15.3. The number of carbonyl (C=O) groups is 2. The number of para-hydroxylation sites is 2. The summed E-state index contributed by atoms with van der Waals surface area (Å²) in [5, 5.41) is 22.2. The molecule has 0 radical (unpaired) electrons. The molecular formula is C38H40N8O7. The number of anilines is 1. The average Bonchev–Trinajstić information content (AvgIpc) is 3.87. The number of aromatic nitrogens is 4. The molecule has 53 heavy (non-hydrogen) atoms. The van der Waals surface area contributed by atoms with Crippen LogP contribution in [0.3, 0.4) is 0 Å². The van der Waals surface area contributed by atoms with Crippen molar-refractivity contribution in [3.8, 4) is 22.8 Å². The van der Waals surface area contributed by atoms with Crippen molar-refractivity contribution in [3.63, 3.8) is 0 Å². The number of Topliss-reactive ketones (excluding diaryl/α,β-unsaturated/α-hetero) is 1. The number of non-ortho nitro benzene ring substituents is 2.